The number of benzene rings is 2. The zero-order valence-electron chi connectivity index (χ0n) is 15.0. The van der Waals surface area contributed by atoms with Crippen LogP contribution in [-0.2, 0) is 12.8 Å². The molecule has 136 valence electrons. The molecule has 0 saturated heterocycles. The molecule has 3 aromatic heterocycles. The Labute approximate surface area is 166 Å². The molecular weight excluding hydrogens is 370 g/mol. The second-order valence-electron chi connectivity index (χ2n) is 6.63. The third kappa shape index (κ3) is 3.12. The minimum absolute atomic E-state index is 0.556. The van der Waals surface area contributed by atoms with Gasteiger partial charge < -0.3 is 4.42 Å². The summed E-state index contributed by atoms with van der Waals surface area (Å²) >= 11 is 6.35. The van der Waals surface area contributed by atoms with Crippen molar-refractivity contribution in [2.24, 2.45) is 0 Å². The Morgan fingerprint density at radius 1 is 0.857 bits per heavy atom. The summed E-state index contributed by atoms with van der Waals surface area (Å²) < 4.78 is 6.21. The van der Waals surface area contributed by atoms with E-state index in [2.05, 4.69) is 9.97 Å². The Kier molecular flexibility index (Phi) is 4.26. The minimum Gasteiger partial charge on any atom is -0.436 e. The third-order valence-corrected chi connectivity index (χ3v) is 4.99. The average Bonchev–Trinajstić information content (AvgIpc) is 3.16. The standard InChI is InChI=1S/C23H16ClN3O/c24-17-13-16(9-10-18-7-1-2-11-25-18)22-20(14-17)27-23(28-22)19-8-3-5-15-6-4-12-26-21(15)19/h1-8,11-14H,9-10H2. The Morgan fingerprint density at radius 3 is 2.64 bits per heavy atom. The molecule has 0 atom stereocenters. The van der Waals surface area contributed by atoms with Crippen molar-refractivity contribution in [3.05, 3.63) is 89.3 Å². The lowest BCUT2D eigenvalue weighted by Gasteiger charge is -2.03. The predicted molar refractivity (Wildman–Crippen MR) is 111 cm³/mol. The van der Waals surface area contributed by atoms with Crippen LogP contribution in [0, 0.1) is 0 Å². The van der Waals surface area contributed by atoms with Crippen LogP contribution in [0.3, 0.4) is 0 Å². The normalized spacial score (nSPS) is 11.3. The fourth-order valence-electron chi connectivity index (χ4n) is 3.45. The molecule has 0 radical (unpaired) electrons. The first-order valence-corrected chi connectivity index (χ1v) is 9.49. The zero-order valence-corrected chi connectivity index (χ0v) is 15.7. The van der Waals surface area contributed by atoms with Crippen LogP contribution in [0.15, 0.2) is 77.5 Å². The Hall–Kier alpha value is -3.24. The molecule has 0 saturated carbocycles. The van der Waals surface area contributed by atoms with Crippen LogP contribution in [0.4, 0.5) is 0 Å². The third-order valence-electron chi connectivity index (χ3n) is 4.77. The lowest BCUT2D eigenvalue weighted by atomic mass is 10.1. The molecule has 0 unspecified atom stereocenters. The number of rotatable bonds is 4. The first-order chi connectivity index (χ1) is 13.8. The van der Waals surface area contributed by atoms with Gasteiger partial charge in [0.2, 0.25) is 5.89 Å². The van der Waals surface area contributed by atoms with E-state index < -0.39 is 0 Å². The fourth-order valence-corrected chi connectivity index (χ4v) is 3.69. The van der Waals surface area contributed by atoms with Gasteiger partial charge in [0, 0.05) is 28.5 Å². The molecule has 0 N–H and O–H groups in total. The molecule has 28 heavy (non-hydrogen) atoms. The highest BCUT2D eigenvalue weighted by Gasteiger charge is 2.15. The summed E-state index contributed by atoms with van der Waals surface area (Å²) in [6, 6.07) is 19.7. The van der Waals surface area contributed by atoms with E-state index >= 15 is 0 Å². The molecule has 0 fully saturated rings. The SMILES string of the molecule is Clc1cc(CCc2ccccn2)c2oc(-c3cccc4cccnc34)nc2c1. The molecule has 0 spiro atoms. The van der Waals surface area contributed by atoms with Crippen LogP contribution in [0.1, 0.15) is 11.3 Å². The maximum absolute atomic E-state index is 6.35. The van der Waals surface area contributed by atoms with Crippen LogP contribution in [0.5, 0.6) is 0 Å². The van der Waals surface area contributed by atoms with Gasteiger partial charge in [-0.25, -0.2) is 4.98 Å². The number of hydrogen-bond donors (Lipinski definition) is 0. The first kappa shape index (κ1) is 16.9. The molecule has 2 aromatic carbocycles. The van der Waals surface area contributed by atoms with Crippen LogP contribution >= 0.6 is 11.6 Å². The number of nitrogens with zero attached hydrogens (tertiary/aromatic N) is 3. The molecule has 0 aliphatic rings. The van der Waals surface area contributed by atoms with Gasteiger partial charge in [-0.3, -0.25) is 9.97 Å². The lowest BCUT2D eigenvalue weighted by Crippen LogP contribution is -1.94. The summed E-state index contributed by atoms with van der Waals surface area (Å²) in [5.74, 6) is 0.556. The van der Waals surface area contributed by atoms with Gasteiger partial charge in [0.15, 0.2) is 5.58 Å². The molecule has 5 heteroatoms. The second-order valence-corrected chi connectivity index (χ2v) is 7.07. The van der Waals surface area contributed by atoms with Gasteiger partial charge in [0.25, 0.3) is 0 Å². The summed E-state index contributed by atoms with van der Waals surface area (Å²) in [5.41, 5.74) is 5.34. The number of hydrogen-bond acceptors (Lipinski definition) is 4. The summed E-state index contributed by atoms with van der Waals surface area (Å²) in [5, 5.41) is 1.70. The molecular formula is C23H16ClN3O. The van der Waals surface area contributed by atoms with E-state index in [1.165, 1.54) is 0 Å². The van der Waals surface area contributed by atoms with E-state index in [-0.39, 0.29) is 0 Å². The van der Waals surface area contributed by atoms with Crippen LogP contribution in [-0.4, -0.2) is 15.0 Å². The Balaban J connectivity index is 1.59. The van der Waals surface area contributed by atoms with Crippen LogP contribution < -0.4 is 0 Å². The number of para-hydroxylation sites is 1. The Morgan fingerprint density at radius 2 is 1.75 bits per heavy atom. The Bertz CT molecular complexity index is 1280. The lowest BCUT2D eigenvalue weighted by molar-refractivity contribution is 0.615. The number of aromatic nitrogens is 3. The van der Waals surface area contributed by atoms with E-state index in [4.69, 9.17) is 21.0 Å². The fraction of sp³-hybridized carbons (Fsp3) is 0.0870. The molecule has 0 amide bonds. The van der Waals surface area contributed by atoms with Crippen molar-refractivity contribution < 1.29 is 4.42 Å². The van der Waals surface area contributed by atoms with Gasteiger partial charge in [-0.1, -0.05) is 35.9 Å². The highest BCUT2D eigenvalue weighted by molar-refractivity contribution is 6.31. The number of pyridine rings is 2. The quantitative estimate of drug-likeness (QED) is 0.388. The maximum atomic E-state index is 6.35. The van der Waals surface area contributed by atoms with Crippen molar-refractivity contribution in [2.45, 2.75) is 12.8 Å². The van der Waals surface area contributed by atoms with Gasteiger partial charge >= 0.3 is 0 Å². The zero-order chi connectivity index (χ0) is 18.9. The van der Waals surface area contributed by atoms with Crippen molar-refractivity contribution >= 4 is 33.6 Å². The van der Waals surface area contributed by atoms with Crippen molar-refractivity contribution in [1.29, 1.82) is 0 Å². The molecule has 0 aliphatic carbocycles. The second kappa shape index (κ2) is 7.06. The van der Waals surface area contributed by atoms with Gasteiger partial charge in [0.05, 0.1) is 11.1 Å². The van der Waals surface area contributed by atoms with Gasteiger partial charge in [0.1, 0.15) is 5.52 Å². The largest absolute Gasteiger partial charge is 0.436 e. The van der Waals surface area contributed by atoms with E-state index in [0.29, 0.717) is 10.9 Å². The van der Waals surface area contributed by atoms with Gasteiger partial charge in [-0.05, 0) is 54.8 Å². The number of aryl methyl sites for hydroxylation is 2. The number of halogens is 1. The summed E-state index contributed by atoms with van der Waals surface area (Å²) in [6.45, 7) is 0. The number of oxazole rings is 1. The van der Waals surface area contributed by atoms with Crippen molar-refractivity contribution in [3.8, 4) is 11.5 Å². The van der Waals surface area contributed by atoms with E-state index in [0.717, 1.165) is 51.7 Å². The average molecular weight is 386 g/mol. The molecule has 0 aliphatic heterocycles. The molecule has 3 heterocycles. The van der Waals surface area contributed by atoms with E-state index in [9.17, 15) is 0 Å². The molecule has 5 rings (SSSR count). The predicted octanol–water partition coefficient (Wildman–Crippen LogP) is 5.88. The monoisotopic (exact) mass is 385 g/mol. The maximum Gasteiger partial charge on any atom is 0.229 e. The first-order valence-electron chi connectivity index (χ1n) is 9.11. The minimum atomic E-state index is 0.556. The van der Waals surface area contributed by atoms with Crippen LogP contribution in [0.25, 0.3) is 33.5 Å². The summed E-state index contributed by atoms with van der Waals surface area (Å²) in [7, 11) is 0. The van der Waals surface area contributed by atoms with Gasteiger partial charge in [-0.15, -0.1) is 0 Å². The number of fused-ring (bicyclic) bond motifs is 2. The molecule has 0 bridgehead atoms. The van der Waals surface area contributed by atoms with E-state index in [1.54, 1.807) is 6.20 Å². The molecule has 5 aromatic rings. The van der Waals surface area contributed by atoms with Gasteiger partial charge in [-0.2, -0.15) is 0 Å². The highest BCUT2D eigenvalue weighted by Crippen LogP contribution is 2.32. The van der Waals surface area contributed by atoms with Crippen molar-refractivity contribution in [1.82, 2.24) is 15.0 Å². The van der Waals surface area contributed by atoms with Crippen LogP contribution in [0.2, 0.25) is 5.02 Å². The van der Waals surface area contributed by atoms with Crippen molar-refractivity contribution in [3.63, 3.8) is 0 Å². The highest BCUT2D eigenvalue weighted by atomic mass is 35.5. The topological polar surface area (TPSA) is 51.8 Å². The van der Waals surface area contributed by atoms with Crippen molar-refractivity contribution in [2.75, 3.05) is 0 Å². The van der Waals surface area contributed by atoms with E-state index in [1.807, 2.05) is 66.9 Å². The summed E-state index contributed by atoms with van der Waals surface area (Å²) in [6.07, 6.45) is 5.17. The summed E-state index contributed by atoms with van der Waals surface area (Å²) in [4.78, 5) is 13.6. The smallest absolute Gasteiger partial charge is 0.229 e. The molecule has 4 nitrogen and oxygen atoms in total.